The molecule has 0 saturated heterocycles. The Hall–Kier alpha value is -2.31. The summed E-state index contributed by atoms with van der Waals surface area (Å²) in [6.07, 6.45) is -0.0287. The summed E-state index contributed by atoms with van der Waals surface area (Å²) in [6.45, 7) is 1.54. The fourth-order valence-corrected chi connectivity index (χ4v) is 2.82. The Morgan fingerprint density at radius 3 is 2.35 bits per heavy atom. The van der Waals surface area contributed by atoms with Gasteiger partial charge in [0.25, 0.3) is 0 Å². The zero-order chi connectivity index (χ0) is 18.9. The molecule has 2 aromatic carbocycles. The molecule has 2 N–H and O–H groups in total. The van der Waals surface area contributed by atoms with Gasteiger partial charge in [-0.05, 0) is 36.1 Å². The number of rotatable bonds is 9. The van der Waals surface area contributed by atoms with Crippen LogP contribution in [0.1, 0.15) is 24.5 Å². The van der Waals surface area contributed by atoms with E-state index in [1.807, 2.05) is 30.3 Å². The summed E-state index contributed by atoms with van der Waals surface area (Å²) in [5, 5.41) is 12.1. The Labute approximate surface area is 151 Å². The van der Waals surface area contributed by atoms with Gasteiger partial charge in [-0.3, -0.25) is 4.79 Å². The maximum atomic E-state index is 13.5. The monoisotopic (exact) mass is 363 g/mol. The first-order valence-electron chi connectivity index (χ1n) is 8.46. The minimum absolute atomic E-state index is 0.132. The lowest BCUT2D eigenvalue weighted by Gasteiger charge is -2.28. The van der Waals surface area contributed by atoms with Gasteiger partial charge in [-0.15, -0.1) is 0 Å². The fraction of sp³-hybridized carbons (Fsp3) is 0.350. The molecule has 2 atom stereocenters. The molecule has 0 saturated carbocycles. The number of nitrogens with one attached hydrogen (secondary N) is 1. The van der Waals surface area contributed by atoms with Crippen molar-refractivity contribution in [3.8, 4) is 0 Å². The van der Waals surface area contributed by atoms with Crippen molar-refractivity contribution in [1.82, 2.24) is 5.32 Å². The Morgan fingerprint density at radius 1 is 1.12 bits per heavy atom. The van der Waals surface area contributed by atoms with Gasteiger partial charge in [-0.1, -0.05) is 30.3 Å². The molecule has 4 nitrogen and oxygen atoms in total. The molecule has 2 aromatic rings. The van der Waals surface area contributed by atoms with Crippen molar-refractivity contribution in [2.24, 2.45) is 0 Å². The van der Waals surface area contributed by atoms with Crippen LogP contribution in [0.5, 0.6) is 0 Å². The number of halogens is 2. The van der Waals surface area contributed by atoms with Gasteiger partial charge in [-0.25, -0.2) is 8.78 Å². The standard InChI is InChI=1S/C20H23F2NO3/c1-14(25)23-19(11-16-9-17(21)12-18(22)10-16)20(7-8-24)26-13-15-5-3-2-4-6-15/h2-6,9-10,12,19-20,24H,7-8,11,13H2,1H3,(H,23,25)/t19-,20-/m0/s1. The van der Waals surface area contributed by atoms with E-state index in [1.54, 1.807) is 0 Å². The second-order valence-corrected chi connectivity index (χ2v) is 6.14. The van der Waals surface area contributed by atoms with E-state index in [1.165, 1.54) is 19.1 Å². The SMILES string of the molecule is CC(=O)N[C@@H](Cc1cc(F)cc(F)c1)[C@H](CCO)OCc1ccccc1. The van der Waals surface area contributed by atoms with Crippen LogP contribution in [0.4, 0.5) is 8.78 Å². The number of hydrogen-bond donors (Lipinski definition) is 2. The Bertz CT molecular complexity index is 689. The van der Waals surface area contributed by atoms with Crippen molar-refractivity contribution in [3.63, 3.8) is 0 Å². The van der Waals surface area contributed by atoms with Crippen LogP contribution < -0.4 is 5.32 Å². The number of hydrogen-bond acceptors (Lipinski definition) is 3. The molecule has 0 aliphatic rings. The molecule has 0 aliphatic carbocycles. The number of aliphatic hydroxyl groups is 1. The molecule has 140 valence electrons. The lowest BCUT2D eigenvalue weighted by molar-refractivity contribution is -0.121. The summed E-state index contributed by atoms with van der Waals surface area (Å²) in [6, 6.07) is 12.2. The van der Waals surface area contributed by atoms with Gasteiger partial charge >= 0.3 is 0 Å². The zero-order valence-corrected chi connectivity index (χ0v) is 14.6. The Balaban J connectivity index is 2.14. The lowest BCUT2D eigenvalue weighted by Crippen LogP contribution is -2.45. The van der Waals surface area contributed by atoms with Gasteiger partial charge in [0.15, 0.2) is 0 Å². The predicted octanol–water partition coefficient (Wildman–Crippen LogP) is 2.98. The van der Waals surface area contributed by atoms with Crippen LogP contribution in [0.25, 0.3) is 0 Å². The van der Waals surface area contributed by atoms with Crippen LogP contribution in [0, 0.1) is 11.6 Å². The van der Waals surface area contributed by atoms with Crippen LogP contribution in [-0.4, -0.2) is 29.8 Å². The van der Waals surface area contributed by atoms with Crippen molar-refractivity contribution in [2.45, 2.75) is 38.5 Å². The van der Waals surface area contributed by atoms with Crippen molar-refractivity contribution < 1.29 is 23.4 Å². The highest BCUT2D eigenvalue weighted by molar-refractivity contribution is 5.73. The Kier molecular flexibility index (Phi) is 7.69. The molecule has 2 rings (SSSR count). The lowest BCUT2D eigenvalue weighted by atomic mass is 9.98. The van der Waals surface area contributed by atoms with Gasteiger partial charge in [0.2, 0.25) is 5.91 Å². The van der Waals surface area contributed by atoms with Crippen molar-refractivity contribution in [2.75, 3.05) is 6.61 Å². The quantitative estimate of drug-likeness (QED) is 0.720. The third-order valence-electron chi connectivity index (χ3n) is 3.94. The number of aliphatic hydroxyl groups excluding tert-OH is 1. The van der Waals surface area contributed by atoms with E-state index < -0.39 is 23.8 Å². The van der Waals surface area contributed by atoms with Gasteiger partial charge in [0.1, 0.15) is 11.6 Å². The third kappa shape index (κ3) is 6.54. The summed E-state index contributed by atoms with van der Waals surface area (Å²) in [7, 11) is 0. The molecule has 26 heavy (non-hydrogen) atoms. The molecule has 0 unspecified atom stereocenters. The van der Waals surface area contributed by atoms with E-state index in [9.17, 15) is 18.7 Å². The molecular weight excluding hydrogens is 340 g/mol. The highest BCUT2D eigenvalue weighted by Gasteiger charge is 2.24. The normalized spacial score (nSPS) is 13.2. The second-order valence-electron chi connectivity index (χ2n) is 6.14. The smallest absolute Gasteiger partial charge is 0.217 e. The number of carbonyl (C=O) groups is 1. The summed E-state index contributed by atoms with van der Waals surface area (Å²) in [4.78, 5) is 11.6. The predicted molar refractivity (Wildman–Crippen MR) is 94.4 cm³/mol. The molecule has 1 amide bonds. The number of ether oxygens (including phenoxy) is 1. The molecule has 0 radical (unpaired) electrons. The highest BCUT2D eigenvalue weighted by atomic mass is 19.1. The van der Waals surface area contributed by atoms with Gasteiger partial charge in [0, 0.05) is 19.6 Å². The van der Waals surface area contributed by atoms with Crippen LogP contribution in [0.3, 0.4) is 0 Å². The molecule has 0 bridgehead atoms. The largest absolute Gasteiger partial charge is 0.396 e. The van der Waals surface area contributed by atoms with Gasteiger partial charge < -0.3 is 15.2 Å². The summed E-state index contributed by atoms with van der Waals surface area (Å²) in [5.41, 5.74) is 1.36. The molecule has 6 heteroatoms. The number of benzene rings is 2. The molecule has 0 heterocycles. The molecule has 0 aliphatic heterocycles. The first-order valence-corrected chi connectivity index (χ1v) is 8.46. The van der Waals surface area contributed by atoms with E-state index in [-0.39, 0.29) is 25.4 Å². The first-order chi connectivity index (χ1) is 12.5. The summed E-state index contributed by atoms with van der Waals surface area (Å²) >= 11 is 0. The van der Waals surface area contributed by atoms with E-state index >= 15 is 0 Å². The zero-order valence-electron chi connectivity index (χ0n) is 14.6. The molecule has 0 fully saturated rings. The maximum Gasteiger partial charge on any atom is 0.217 e. The van der Waals surface area contributed by atoms with Crippen molar-refractivity contribution in [3.05, 3.63) is 71.3 Å². The van der Waals surface area contributed by atoms with E-state index in [0.29, 0.717) is 12.2 Å². The maximum absolute atomic E-state index is 13.5. The van der Waals surface area contributed by atoms with E-state index in [2.05, 4.69) is 5.32 Å². The third-order valence-corrected chi connectivity index (χ3v) is 3.94. The van der Waals surface area contributed by atoms with Crippen LogP contribution in [0.15, 0.2) is 48.5 Å². The summed E-state index contributed by atoms with van der Waals surface area (Å²) < 4.78 is 32.8. The summed E-state index contributed by atoms with van der Waals surface area (Å²) in [5.74, 6) is -1.63. The molecular formula is C20H23F2NO3. The fourth-order valence-electron chi connectivity index (χ4n) is 2.82. The number of carbonyl (C=O) groups excluding carboxylic acids is 1. The minimum Gasteiger partial charge on any atom is -0.396 e. The van der Waals surface area contributed by atoms with Crippen molar-refractivity contribution in [1.29, 1.82) is 0 Å². The molecule has 0 spiro atoms. The number of amides is 1. The average Bonchev–Trinajstić information content (AvgIpc) is 2.57. The van der Waals surface area contributed by atoms with Gasteiger partial charge in [0.05, 0.1) is 18.8 Å². The van der Waals surface area contributed by atoms with Crippen LogP contribution in [0.2, 0.25) is 0 Å². The highest BCUT2D eigenvalue weighted by Crippen LogP contribution is 2.16. The first kappa shape index (κ1) is 20.0. The second kappa shape index (κ2) is 9.99. The van der Waals surface area contributed by atoms with Crippen molar-refractivity contribution >= 4 is 5.91 Å². The minimum atomic E-state index is -0.675. The topological polar surface area (TPSA) is 58.6 Å². The van der Waals surface area contributed by atoms with Gasteiger partial charge in [-0.2, -0.15) is 0 Å². The molecule has 0 aromatic heterocycles. The van der Waals surface area contributed by atoms with Crippen LogP contribution in [-0.2, 0) is 22.6 Å². The van der Waals surface area contributed by atoms with E-state index in [4.69, 9.17) is 4.74 Å². The van der Waals surface area contributed by atoms with E-state index in [0.717, 1.165) is 11.6 Å². The average molecular weight is 363 g/mol. The van der Waals surface area contributed by atoms with Crippen LogP contribution >= 0.6 is 0 Å². The Morgan fingerprint density at radius 2 is 1.77 bits per heavy atom.